The fourth-order valence-corrected chi connectivity index (χ4v) is 2.10. The van der Waals surface area contributed by atoms with Crippen molar-refractivity contribution >= 4 is 11.6 Å². The van der Waals surface area contributed by atoms with E-state index in [-0.39, 0.29) is 0 Å². The SMILES string of the molecule is CC1CCN(CCC(C)(C)C)CC1Cl. The Morgan fingerprint density at radius 3 is 2.50 bits per heavy atom. The Balaban J connectivity index is 2.27. The molecule has 84 valence electrons. The molecule has 0 radical (unpaired) electrons. The lowest BCUT2D eigenvalue weighted by Gasteiger charge is -2.35. The smallest absolute Gasteiger partial charge is 0.0489 e. The summed E-state index contributed by atoms with van der Waals surface area (Å²) < 4.78 is 0. The Morgan fingerprint density at radius 1 is 1.36 bits per heavy atom. The lowest BCUT2D eigenvalue weighted by atomic mass is 9.91. The van der Waals surface area contributed by atoms with Gasteiger partial charge in [0.2, 0.25) is 0 Å². The summed E-state index contributed by atoms with van der Waals surface area (Å²) in [4.78, 5) is 2.52. The summed E-state index contributed by atoms with van der Waals surface area (Å²) in [6.07, 6.45) is 2.53. The third kappa shape index (κ3) is 4.18. The zero-order chi connectivity index (χ0) is 10.8. The quantitative estimate of drug-likeness (QED) is 0.642. The van der Waals surface area contributed by atoms with Crippen LogP contribution in [-0.4, -0.2) is 29.9 Å². The van der Waals surface area contributed by atoms with Crippen LogP contribution in [0.2, 0.25) is 0 Å². The van der Waals surface area contributed by atoms with Crippen LogP contribution < -0.4 is 0 Å². The Hall–Kier alpha value is 0.250. The van der Waals surface area contributed by atoms with E-state index in [4.69, 9.17) is 11.6 Å². The Morgan fingerprint density at radius 2 is 2.00 bits per heavy atom. The van der Waals surface area contributed by atoms with Crippen molar-refractivity contribution in [3.8, 4) is 0 Å². The van der Waals surface area contributed by atoms with Crippen molar-refractivity contribution < 1.29 is 0 Å². The van der Waals surface area contributed by atoms with Gasteiger partial charge in [0.15, 0.2) is 0 Å². The lowest BCUT2D eigenvalue weighted by molar-refractivity contribution is 0.173. The first kappa shape index (κ1) is 12.3. The second-order valence-corrected chi connectivity index (χ2v) is 6.45. The van der Waals surface area contributed by atoms with Gasteiger partial charge in [0, 0.05) is 11.9 Å². The number of halogens is 1. The number of piperidine rings is 1. The summed E-state index contributed by atoms with van der Waals surface area (Å²) >= 11 is 6.27. The van der Waals surface area contributed by atoms with Crippen molar-refractivity contribution in [1.29, 1.82) is 0 Å². The van der Waals surface area contributed by atoms with Crippen molar-refractivity contribution in [3.63, 3.8) is 0 Å². The normalized spacial score (nSPS) is 30.6. The molecule has 0 aromatic carbocycles. The van der Waals surface area contributed by atoms with Crippen molar-refractivity contribution in [3.05, 3.63) is 0 Å². The van der Waals surface area contributed by atoms with Crippen LogP contribution in [0.4, 0.5) is 0 Å². The number of rotatable bonds is 2. The molecule has 0 bridgehead atoms. The van der Waals surface area contributed by atoms with Gasteiger partial charge in [-0.1, -0.05) is 27.7 Å². The largest absolute Gasteiger partial charge is 0.302 e. The van der Waals surface area contributed by atoms with Crippen LogP contribution in [0.3, 0.4) is 0 Å². The van der Waals surface area contributed by atoms with Gasteiger partial charge < -0.3 is 4.90 Å². The van der Waals surface area contributed by atoms with Crippen molar-refractivity contribution in [2.75, 3.05) is 19.6 Å². The maximum Gasteiger partial charge on any atom is 0.0489 e. The van der Waals surface area contributed by atoms with E-state index in [2.05, 4.69) is 32.6 Å². The molecule has 1 fully saturated rings. The second kappa shape index (κ2) is 4.85. The maximum atomic E-state index is 6.27. The molecule has 0 spiro atoms. The van der Waals surface area contributed by atoms with E-state index < -0.39 is 0 Å². The molecule has 2 heteroatoms. The van der Waals surface area contributed by atoms with Crippen LogP contribution in [0, 0.1) is 11.3 Å². The molecule has 2 atom stereocenters. The molecule has 0 aromatic rings. The summed E-state index contributed by atoms with van der Waals surface area (Å²) in [5.41, 5.74) is 0.449. The predicted octanol–water partition coefficient (Wildman–Crippen LogP) is 3.37. The van der Waals surface area contributed by atoms with Crippen LogP contribution in [0.5, 0.6) is 0 Å². The number of likely N-dealkylation sites (tertiary alicyclic amines) is 1. The summed E-state index contributed by atoms with van der Waals surface area (Å²) in [5, 5.41) is 0.365. The highest BCUT2D eigenvalue weighted by Crippen LogP contribution is 2.24. The van der Waals surface area contributed by atoms with E-state index >= 15 is 0 Å². The van der Waals surface area contributed by atoms with E-state index in [0.29, 0.717) is 16.7 Å². The molecule has 0 saturated carbocycles. The molecule has 1 nitrogen and oxygen atoms in total. The Labute approximate surface area is 93.8 Å². The van der Waals surface area contributed by atoms with E-state index in [9.17, 15) is 0 Å². The van der Waals surface area contributed by atoms with Gasteiger partial charge in [-0.25, -0.2) is 0 Å². The van der Waals surface area contributed by atoms with Crippen molar-refractivity contribution in [1.82, 2.24) is 4.90 Å². The number of hydrogen-bond donors (Lipinski definition) is 0. The molecule has 1 rings (SSSR count). The third-order valence-electron chi connectivity index (χ3n) is 3.13. The summed E-state index contributed by atoms with van der Waals surface area (Å²) in [6, 6.07) is 0. The zero-order valence-electron chi connectivity index (χ0n) is 10.0. The minimum absolute atomic E-state index is 0.365. The molecule has 1 saturated heterocycles. The second-order valence-electron chi connectivity index (χ2n) is 5.89. The Kier molecular flexibility index (Phi) is 4.27. The maximum absolute atomic E-state index is 6.27. The number of nitrogens with zero attached hydrogens (tertiary/aromatic N) is 1. The summed E-state index contributed by atoms with van der Waals surface area (Å²) in [6.45, 7) is 12.7. The fourth-order valence-electron chi connectivity index (χ4n) is 1.78. The molecule has 0 aromatic heterocycles. The highest BCUT2D eigenvalue weighted by Gasteiger charge is 2.24. The van der Waals surface area contributed by atoms with Gasteiger partial charge in [-0.05, 0) is 37.3 Å². The fraction of sp³-hybridized carbons (Fsp3) is 1.00. The molecule has 0 amide bonds. The first-order valence-corrected chi connectivity index (χ1v) is 6.18. The van der Waals surface area contributed by atoms with Gasteiger partial charge in [-0.3, -0.25) is 0 Å². The standard InChI is InChI=1S/C12H24ClN/c1-10-5-7-14(9-11(10)13)8-6-12(2,3)4/h10-11H,5-9H2,1-4H3. The van der Waals surface area contributed by atoms with E-state index in [0.717, 1.165) is 6.54 Å². The average Bonchev–Trinajstić information content (AvgIpc) is 2.06. The van der Waals surface area contributed by atoms with Crippen molar-refractivity contribution in [2.45, 2.75) is 45.9 Å². The molecular weight excluding hydrogens is 194 g/mol. The van der Waals surface area contributed by atoms with Crippen LogP contribution in [0.1, 0.15) is 40.5 Å². The lowest BCUT2D eigenvalue weighted by Crippen LogP contribution is -2.41. The molecule has 0 aliphatic carbocycles. The van der Waals surface area contributed by atoms with Gasteiger partial charge in [-0.15, -0.1) is 11.6 Å². The van der Waals surface area contributed by atoms with Crippen LogP contribution in [-0.2, 0) is 0 Å². The topological polar surface area (TPSA) is 3.24 Å². The first-order valence-electron chi connectivity index (χ1n) is 5.75. The molecule has 1 aliphatic rings. The summed E-state index contributed by atoms with van der Waals surface area (Å²) in [5.74, 6) is 0.697. The van der Waals surface area contributed by atoms with Gasteiger partial charge in [0.05, 0.1) is 0 Å². The first-order chi connectivity index (χ1) is 6.38. The third-order valence-corrected chi connectivity index (χ3v) is 3.70. The highest BCUT2D eigenvalue weighted by molar-refractivity contribution is 6.21. The highest BCUT2D eigenvalue weighted by atomic mass is 35.5. The number of hydrogen-bond acceptors (Lipinski definition) is 1. The van der Waals surface area contributed by atoms with Gasteiger partial charge >= 0.3 is 0 Å². The molecule has 2 unspecified atom stereocenters. The van der Waals surface area contributed by atoms with Gasteiger partial charge in [0.25, 0.3) is 0 Å². The minimum Gasteiger partial charge on any atom is -0.302 e. The summed E-state index contributed by atoms with van der Waals surface area (Å²) in [7, 11) is 0. The molecule has 0 N–H and O–H groups in total. The van der Waals surface area contributed by atoms with Crippen molar-refractivity contribution in [2.24, 2.45) is 11.3 Å². The van der Waals surface area contributed by atoms with E-state index in [1.54, 1.807) is 0 Å². The minimum atomic E-state index is 0.365. The molecule has 14 heavy (non-hydrogen) atoms. The van der Waals surface area contributed by atoms with E-state index in [1.165, 1.54) is 25.9 Å². The van der Waals surface area contributed by atoms with Crippen LogP contribution >= 0.6 is 11.6 Å². The van der Waals surface area contributed by atoms with Gasteiger partial charge in [-0.2, -0.15) is 0 Å². The monoisotopic (exact) mass is 217 g/mol. The van der Waals surface area contributed by atoms with E-state index in [1.807, 2.05) is 0 Å². The predicted molar refractivity (Wildman–Crippen MR) is 63.9 cm³/mol. The van der Waals surface area contributed by atoms with Crippen LogP contribution in [0.25, 0.3) is 0 Å². The molecule has 1 heterocycles. The molecular formula is C12H24ClN. The average molecular weight is 218 g/mol. The Bertz CT molecular complexity index is 174. The van der Waals surface area contributed by atoms with Gasteiger partial charge in [0.1, 0.15) is 0 Å². The van der Waals surface area contributed by atoms with Crippen LogP contribution in [0.15, 0.2) is 0 Å². The zero-order valence-corrected chi connectivity index (χ0v) is 10.8. The number of alkyl halides is 1. The molecule has 1 aliphatic heterocycles.